The van der Waals surface area contributed by atoms with Gasteiger partial charge in [-0.25, -0.2) is 4.39 Å². The van der Waals surface area contributed by atoms with E-state index in [1.807, 2.05) is 28.0 Å². The quantitative estimate of drug-likeness (QED) is 0.546. The first kappa shape index (κ1) is 22.3. The molecule has 0 bridgehead atoms. The third kappa shape index (κ3) is 4.35. The van der Waals surface area contributed by atoms with E-state index in [0.717, 1.165) is 13.1 Å². The Morgan fingerprint density at radius 1 is 0.912 bits per heavy atom. The zero-order valence-corrected chi connectivity index (χ0v) is 19.4. The normalized spacial score (nSPS) is 18.6. The minimum atomic E-state index is -0.394. The predicted molar refractivity (Wildman–Crippen MR) is 129 cm³/mol. The maximum Gasteiger partial charge on any atom is 0.236 e. The van der Waals surface area contributed by atoms with E-state index < -0.39 is 5.82 Å². The molecular formula is C27H29FN4O2. The van der Waals surface area contributed by atoms with Crippen molar-refractivity contribution in [2.45, 2.75) is 19.5 Å². The fraction of sp³-hybridized carbons (Fsp3) is 0.333. The largest absolute Gasteiger partial charge is 0.366 e. The number of anilines is 1. The molecule has 0 radical (unpaired) electrons. The summed E-state index contributed by atoms with van der Waals surface area (Å²) < 4.78 is 16.8. The molecular weight excluding hydrogens is 431 g/mol. The van der Waals surface area contributed by atoms with Gasteiger partial charge in [0.1, 0.15) is 5.82 Å². The van der Waals surface area contributed by atoms with Crippen LogP contribution < -0.4 is 4.90 Å². The van der Waals surface area contributed by atoms with Crippen molar-refractivity contribution in [1.29, 1.82) is 0 Å². The average molecular weight is 461 g/mol. The average Bonchev–Trinajstić information content (AvgIpc) is 3.33. The van der Waals surface area contributed by atoms with Crippen molar-refractivity contribution in [3.05, 3.63) is 89.5 Å². The number of carbonyl (C=O) groups is 2. The van der Waals surface area contributed by atoms with Crippen molar-refractivity contribution in [3.63, 3.8) is 0 Å². The molecule has 34 heavy (non-hydrogen) atoms. The number of amides is 1. The molecule has 5 rings (SSSR count). The van der Waals surface area contributed by atoms with Gasteiger partial charge in [0.25, 0.3) is 0 Å². The van der Waals surface area contributed by atoms with Crippen molar-refractivity contribution < 1.29 is 14.0 Å². The van der Waals surface area contributed by atoms with Crippen LogP contribution in [0.4, 0.5) is 10.1 Å². The summed E-state index contributed by atoms with van der Waals surface area (Å²) in [5.41, 5.74) is 3.25. The number of aromatic nitrogens is 1. The van der Waals surface area contributed by atoms with Crippen LogP contribution >= 0.6 is 0 Å². The van der Waals surface area contributed by atoms with Gasteiger partial charge in [-0.2, -0.15) is 0 Å². The number of Topliss-reactive ketones (excluding diaryl/α,β-unsaturated/α-hetero) is 1. The highest BCUT2D eigenvalue weighted by Gasteiger charge is 2.32. The zero-order chi connectivity index (χ0) is 23.7. The number of ketones is 1. The Bertz CT molecular complexity index is 1180. The van der Waals surface area contributed by atoms with Crippen LogP contribution in [-0.2, 0) is 11.3 Å². The van der Waals surface area contributed by atoms with Crippen molar-refractivity contribution in [2.24, 2.45) is 0 Å². The molecule has 176 valence electrons. The summed E-state index contributed by atoms with van der Waals surface area (Å²) in [5, 5.41) is 0. The molecule has 2 aliphatic rings. The molecule has 1 aromatic heterocycles. The van der Waals surface area contributed by atoms with Gasteiger partial charge in [-0.05, 0) is 42.8 Å². The van der Waals surface area contributed by atoms with Gasteiger partial charge in [-0.1, -0.05) is 30.3 Å². The summed E-state index contributed by atoms with van der Waals surface area (Å²) in [4.78, 5) is 30.9. The molecule has 2 aliphatic heterocycles. The lowest BCUT2D eigenvalue weighted by Gasteiger charge is -2.40. The van der Waals surface area contributed by atoms with Crippen LogP contribution in [0.2, 0.25) is 0 Å². The fourth-order valence-corrected chi connectivity index (χ4v) is 5.07. The number of benzene rings is 2. The summed E-state index contributed by atoms with van der Waals surface area (Å²) in [6.07, 6.45) is 2.10. The molecule has 3 aromatic rings. The lowest BCUT2D eigenvalue weighted by Crippen LogP contribution is -2.52. The van der Waals surface area contributed by atoms with Crippen LogP contribution in [0, 0.1) is 5.82 Å². The van der Waals surface area contributed by atoms with Crippen LogP contribution in [-0.4, -0.2) is 65.3 Å². The Hall–Kier alpha value is -3.45. The summed E-state index contributed by atoms with van der Waals surface area (Å²) in [7, 11) is 0. The second kappa shape index (κ2) is 9.43. The Balaban J connectivity index is 1.25. The van der Waals surface area contributed by atoms with E-state index in [9.17, 15) is 14.0 Å². The molecule has 0 spiro atoms. The molecule has 6 nitrogen and oxygen atoms in total. The van der Waals surface area contributed by atoms with Gasteiger partial charge in [0.05, 0.1) is 18.3 Å². The number of hydrogen-bond donors (Lipinski definition) is 0. The summed E-state index contributed by atoms with van der Waals surface area (Å²) in [6, 6.07) is 19.2. The molecule has 7 heteroatoms. The van der Waals surface area contributed by atoms with Gasteiger partial charge >= 0.3 is 0 Å². The second-order valence-electron chi connectivity index (χ2n) is 9.00. The van der Waals surface area contributed by atoms with E-state index in [1.165, 1.54) is 24.2 Å². The molecule has 0 aliphatic carbocycles. The Morgan fingerprint density at radius 2 is 1.68 bits per heavy atom. The number of nitrogens with zero attached hydrogens (tertiary/aromatic N) is 4. The standard InChI is InChI=1S/C27H29FN4O2/c1-20(33)22-9-10-24(23(28)18-22)30-12-15-31(16-13-30)26(34)19-32-17-14-29-11-5-8-25(29)27(32)21-6-3-2-4-7-21/h2-11,18,27H,12-17,19H2,1H3. The number of rotatable bonds is 5. The van der Waals surface area contributed by atoms with Gasteiger partial charge < -0.3 is 14.4 Å². The molecule has 1 amide bonds. The summed E-state index contributed by atoms with van der Waals surface area (Å²) in [6.45, 7) is 5.68. The minimum Gasteiger partial charge on any atom is -0.366 e. The van der Waals surface area contributed by atoms with Gasteiger partial charge in [-0.15, -0.1) is 0 Å². The van der Waals surface area contributed by atoms with Crippen molar-refractivity contribution in [2.75, 3.05) is 44.2 Å². The first-order valence-electron chi connectivity index (χ1n) is 11.8. The van der Waals surface area contributed by atoms with E-state index in [1.54, 1.807) is 12.1 Å². The highest BCUT2D eigenvalue weighted by atomic mass is 19.1. The first-order valence-corrected chi connectivity index (χ1v) is 11.8. The number of piperazine rings is 1. The highest BCUT2D eigenvalue weighted by molar-refractivity contribution is 5.94. The Morgan fingerprint density at radius 3 is 2.38 bits per heavy atom. The summed E-state index contributed by atoms with van der Waals surface area (Å²) >= 11 is 0. The highest BCUT2D eigenvalue weighted by Crippen LogP contribution is 2.32. The number of carbonyl (C=O) groups excluding carboxylic acids is 2. The Labute approximate surface area is 199 Å². The predicted octanol–water partition coefficient (Wildman–Crippen LogP) is 3.58. The smallest absolute Gasteiger partial charge is 0.236 e. The van der Waals surface area contributed by atoms with Crippen LogP contribution in [0.15, 0.2) is 66.9 Å². The maximum atomic E-state index is 14.6. The number of fused-ring (bicyclic) bond motifs is 1. The van der Waals surface area contributed by atoms with Gasteiger partial charge in [0.15, 0.2) is 5.78 Å². The monoisotopic (exact) mass is 460 g/mol. The van der Waals surface area contributed by atoms with E-state index >= 15 is 0 Å². The zero-order valence-electron chi connectivity index (χ0n) is 19.4. The van der Waals surface area contributed by atoms with E-state index in [-0.39, 0.29) is 17.7 Å². The minimum absolute atomic E-state index is 0.0454. The molecule has 2 aromatic carbocycles. The van der Waals surface area contributed by atoms with Crippen LogP contribution in [0.1, 0.15) is 34.6 Å². The third-order valence-corrected chi connectivity index (χ3v) is 6.92. The van der Waals surface area contributed by atoms with Crippen LogP contribution in [0.25, 0.3) is 0 Å². The van der Waals surface area contributed by atoms with E-state index in [0.29, 0.717) is 44.0 Å². The fourth-order valence-electron chi connectivity index (χ4n) is 5.07. The molecule has 1 unspecified atom stereocenters. The number of hydrogen-bond acceptors (Lipinski definition) is 4. The molecule has 1 fully saturated rings. The van der Waals surface area contributed by atoms with E-state index in [4.69, 9.17) is 0 Å². The Kier molecular flexibility index (Phi) is 6.20. The molecule has 0 saturated carbocycles. The van der Waals surface area contributed by atoms with Gasteiger partial charge in [0.2, 0.25) is 5.91 Å². The molecule has 0 N–H and O–H groups in total. The second-order valence-corrected chi connectivity index (χ2v) is 9.00. The number of halogens is 1. The van der Waals surface area contributed by atoms with Gasteiger partial charge in [-0.3, -0.25) is 14.5 Å². The maximum absolute atomic E-state index is 14.6. The third-order valence-electron chi connectivity index (χ3n) is 6.92. The van der Waals surface area contributed by atoms with E-state index in [2.05, 4.69) is 39.9 Å². The topological polar surface area (TPSA) is 48.8 Å². The molecule has 1 saturated heterocycles. The lowest BCUT2D eigenvalue weighted by atomic mass is 10.00. The summed E-state index contributed by atoms with van der Waals surface area (Å²) in [5.74, 6) is -0.442. The van der Waals surface area contributed by atoms with Crippen LogP contribution in [0.5, 0.6) is 0 Å². The van der Waals surface area contributed by atoms with Crippen molar-refractivity contribution in [3.8, 4) is 0 Å². The lowest BCUT2D eigenvalue weighted by molar-refractivity contribution is -0.133. The molecule has 1 atom stereocenters. The van der Waals surface area contributed by atoms with Crippen LogP contribution in [0.3, 0.4) is 0 Å². The molecule has 3 heterocycles. The van der Waals surface area contributed by atoms with Crippen molar-refractivity contribution >= 4 is 17.4 Å². The SMILES string of the molecule is CC(=O)c1ccc(N2CCN(C(=O)CN3CCn4cccc4C3c3ccccc3)CC2)c(F)c1. The first-order chi connectivity index (χ1) is 16.5. The van der Waals surface area contributed by atoms with Crippen molar-refractivity contribution in [1.82, 2.24) is 14.4 Å². The van der Waals surface area contributed by atoms with Gasteiger partial charge in [0, 0.05) is 56.7 Å².